The summed E-state index contributed by atoms with van der Waals surface area (Å²) in [5.74, 6) is -0.751. The van der Waals surface area contributed by atoms with E-state index < -0.39 is 11.9 Å². The van der Waals surface area contributed by atoms with Gasteiger partial charge in [0, 0.05) is 10.6 Å². The first-order valence-electron chi connectivity index (χ1n) is 9.16. The van der Waals surface area contributed by atoms with Crippen molar-refractivity contribution in [2.45, 2.75) is 0 Å². The first-order chi connectivity index (χ1) is 15.7. The predicted molar refractivity (Wildman–Crippen MR) is 135 cm³/mol. The number of halogens is 5. The quantitative estimate of drug-likeness (QED) is 0.168. The Morgan fingerprint density at radius 1 is 0.939 bits per heavy atom. The zero-order valence-corrected chi connectivity index (χ0v) is 21.7. The van der Waals surface area contributed by atoms with Gasteiger partial charge in [0.2, 0.25) is 5.90 Å². The van der Waals surface area contributed by atoms with E-state index in [-0.39, 0.29) is 17.3 Å². The fraction of sp³-hybridized carbons (Fsp3) is 0. The van der Waals surface area contributed by atoms with Crippen LogP contribution in [0.4, 0.5) is 0 Å². The third-order valence-corrected chi connectivity index (χ3v) is 6.55. The van der Waals surface area contributed by atoms with Crippen molar-refractivity contribution in [3.63, 3.8) is 0 Å². The number of nitrogens with zero attached hydrogens (tertiary/aromatic N) is 1. The Morgan fingerprint density at radius 2 is 1.61 bits per heavy atom. The molecule has 3 aromatic rings. The van der Waals surface area contributed by atoms with Gasteiger partial charge in [-0.3, -0.25) is 0 Å². The molecule has 0 bridgehead atoms. The molecule has 0 unspecified atom stereocenters. The summed E-state index contributed by atoms with van der Waals surface area (Å²) in [5.41, 5.74) is 1.59. The first-order valence-corrected chi connectivity index (χ1v) is 11.9. The highest BCUT2D eigenvalue weighted by Gasteiger charge is 2.25. The van der Waals surface area contributed by atoms with Crippen molar-refractivity contribution < 1.29 is 19.1 Å². The van der Waals surface area contributed by atoms with Gasteiger partial charge >= 0.3 is 11.9 Å². The number of aliphatic imine (C=N–C) groups is 1. The molecule has 0 aromatic heterocycles. The Balaban J connectivity index is 1.59. The van der Waals surface area contributed by atoms with Crippen LogP contribution < -0.4 is 4.74 Å². The molecule has 1 aliphatic heterocycles. The molecule has 0 saturated carbocycles. The average molecular weight is 631 g/mol. The van der Waals surface area contributed by atoms with E-state index in [9.17, 15) is 9.59 Å². The van der Waals surface area contributed by atoms with E-state index in [0.717, 1.165) is 0 Å². The van der Waals surface area contributed by atoms with E-state index in [4.69, 9.17) is 44.3 Å². The minimum Gasteiger partial charge on any atom is -0.421 e. The summed E-state index contributed by atoms with van der Waals surface area (Å²) in [6, 6.07) is 14.5. The number of rotatable bonds is 4. The molecule has 0 fully saturated rings. The Bertz CT molecular complexity index is 1330. The number of ether oxygens (including phenoxy) is 2. The van der Waals surface area contributed by atoms with Gasteiger partial charge in [0.1, 0.15) is 0 Å². The number of benzene rings is 3. The molecule has 4 rings (SSSR count). The van der Waals surface area contributed by atoms with E-state index in [1.807, 2.05) is 0 Å². The molecule has 0 N–H and O–H groups in total. The van der Waals surface area contributed by atoms with Crippen molar-refractivity contribution in [2.24, 2.45) is 4.99 Å². The van der Waals surface area contributed by atoms with Gasteiger partial charge in [-0.25, -0.2) is 14.6 Å². The molecule has 166 valence electrons. The van der Waals surface area contributed by atoms with Crippen molar-refractivity contribution in [1.29, 1.82) is 0 Å². The Kier molecular flexibility index (Phi) is 7.26. The van der Waals surface area contributed by atoms with Crippen LogP contribution in [0.15, 0.2) is 74.2 Å². The van der Waals surface area contributed by atoms with Crippen LogP contribution in [-0.2, 0) is 9.53 Å². The molecule has 3 aromatic carbocycles. The van der Waals surface area contributed by atoms with Crippen molar-refractivity contribution in [1.82, 2.24) is 0 Å². The van der Waals surface area contributed by atoms with Crippen LogP contribution in [-0.4, -0.2) is 17.8 Å². The van der Waals surface area contributed by atoms with Gasteiger partial charge in [-0.1, -0.05) is 34.8 Å². The van der Waals surface area contributed by atoms with Gasteiger partial charge in [0.05, 0.1) is 24.6 Å². The SMILES string of the molecule is O=C1OC(c2ccc(Cl)c(Cl)c2)=N/C1=C\c1cc(Br)c(OC(=O)c2ccc(Cl)cc2)c(Br)c1. The van der Waals surface area contributed by atoms with E-state index >= 15 is 0 Å². The van der Waals surface area contributed by atoms with Gasteiger partial charge < -0.3 is 9.47 Å². The smallest absolute Gasteiger partial charge is 0.363 e. The number of hydrogen-bond acceptors (Lipinski definition) is 5. The Morgan fingerprint density at radius 3 is 2.24 bits per heavy atom. The second-order valence-electron chi connectivity index (χ2n) is 6.68. The maximum atomic E-state index is 12.4. The normalized spacial score (nSPS) is 14.3. The van der Waals surface area contributed by atoms with Gasteiger partial charge in [-0.05, 0) is 98.1 Å². The van der Waals surface area contributed by atoms with Gasteiger partial charge in [0.25, 0.3) is 0 Å². The van der Waals surface area contributed by atoms with E-state index in [1.54, 1.807) is 60.7 Å². The van der Waals surface area contributed by atoms with Gasteiger partial charge in [-0.2, -0.15) is 0 Å². The topological polar surface area (TPSA) is 65.0 Å². The summed E-state index contributed by atoms with van der Waals surface area (Å²) in [6.45, 7) is 0. The van der Waals surface area contributed by atoms with Crippen LogP contribution in [0, 0.1) is 0 Å². The molecule has 0 atom stereocenters. The molecule has 33 heavy (non-hydrogen) atoms. The average Bonchev–Trinajstić information content (AvgIpc) is 3.13. The Labute approximate surface area is 220 Å². The van der Waals surface area contributed by atoms with Crippen molar-refractivity contribution in [3.8, 4) is 5.75 Å². The first kappa shape index (κ1) is 24.0. The summed E-state index contributed by atoms with van der Waals surface area (Å²) in [4.78, 5) is 29.0. The lowest BCUT2D eigenvalue weighted by molar-refractivity contribution is -0.129. The molecule has 0 spiro atoms. The van der Waals surface area contributed by atoms with Crippen LogP contribution in [0.25, 0.3) is 6.08 Å². The van der Waals surface area contributed by atoms with Crippen molar-refractivity contribution >= 4 is 90.6 Å². The summed E-state index contributed by atoms with van der Waals surface area (Å²) in [7, 11) is 0. The summed E-state index contributed by atoms with van der Waals surface area (Å²) in [5, 5.41) is 1.22. The van der Waals surface area contributed by atoms with Crippen LogP contribution in [0.1, 0.15) is 21.5 Å². The lowest BCUT2D eigenvalue weighted by atomic mass is 10.2. The molecule has 0 saturated heterocycles. The largest absolute Gasteiger partial charge is 0.421 e. The van der Waals surface area contributed by atoms with Crippen LogP contribution in [0.2, 0.25) is 15.1 Å². The lowest BCUT2D eigenvalue weighted by Crippen LogP contribution is -2.09. The van der Waals surface area contributed by atoms with E-state index in [2.05, 4.69) is 36.9 Å². The molecular formula is C23H10Br2Cl3NO4. The van der Waals surface area contributed by atoms with Crippen LogP contribution >= 0.6 is 66.7 Å². The second-order valence-corrected chi connectivity index (χ2v) is 9.63. The van der Waals surface area contributed by atoms with Gasteiger partial charge in [0.15, 0.2) is 11.4 Å². The van der Waals surface area contributed by atoms with E-state index in [0.29, 0.717) is 40.7 Å². The fourth-order valence-corrected chi connectivity index (χ4v) is 4.63. The number of esters is 2. The number of carbonyl (C=O) groups is 2. The molecule has 0 radical (unpaired) electrons. The summed E-state index contributed by atoms with van der Waals surface area (Å²) in [6.07, 6.45) is 1.55. The molecule has 1 heterocycles. The molecule has 0 amide bonds. The third kappa shape index (κ3) is 5.50. The molecule has 0 aliphatic carbocycles. The molecule has 1 aliphatic rings. The lowest BCUT2D eigenvalue weighted by Gasteiger charge is -2.10. The summed E-state index contributed by atoms with van der Waals surface area (Å²) >= 11 is 24.6. The molecule has 10 heteroatoms. The minimum absolute atomic E-state index is 0.0979. The Hall–Kier alpha value is -2.16. The van der Waals surface area contributed by atoms with Crippen LogP contribution in [0.3, 0.4) is 0 Å². The molecular weight excluding hydrogens is 620 g/mol. The maximum Gasteiger partial charge on any atom is 0.363 e. The van der Waals surface area contributed by atoms with Gasteiger partial charge in [-0.15, -0.1) is 0 Å². The van der Waals surface area contributed by atoms with Crippen LogP contribution in [0.5, 0.6) is 5.75 Å². The number of cyclic esters (lactones) is 1. The number of carbonyl (C=O) groups excluding carboxylic acids is 2. The summed E-state index contributed by atoms with van der Waals surface area (Å²) < 4.78 is 11.7. The third-order valence-electron chi connectivity index (χ3n) is 4.39. The predicted octanol–water partition coefficient (Wildman–Crippen LogP) is 7.74. The standard InChI is InChI=1S/C23H10Br2Cl3NO4/c24-15-7-11(8-16(25)20(15)32-22(30)12-1-4-14(26)5-2-12)9-19-23(31)33-21(29-19)13-3-6-17(27)18(28)10-13/h1-10H/b19-9-. The van der Waals surface area contributed by atoms with E-state index in [1.165, 1.54) is 0 Å². The van der Waals surface area contributed by atoms with Crippen molar-refractivity contribution in [3.05, 3.63) is 101 Å². The number of hydrogen-bond donors (Lipinski definition) is 0. The molecule has 5 nitrogen and oxygen atoms in total. The highest BCUT2D eigenvalue weighted by atomic mass is 79.9. The maximum absolute atomic E-state index is 12.4. The fourth-order valence-electron chi connectivity index (χ4n) is 2.82. The second kappa shape index (κ2) is 9.99. The zero-order valence-electron chi connectivity index (χ0n) is 16.2. The minimum atomic E-state index is -0.610. The highest BCUT2D eigenvalue weighted by molar-refractivity contribution is 9.11. The monoisotopic (exact) mass is 627 g/mol. The van der Waals surface area contributed by atoms with Crippen molar-refractivity contribution in [2.75, 3.05) is 0 Å². The zero-order chi connectivity index (χ0) is 23.7. The highest BCUT2D eigenvalue weighted by Crippen LogP contribution is 2.36.